The number of carbonyl (C=O) groups excluding carboxylic acids is 1. The molecule has 1 aliphatic heterocycles. The van der Waals surface area contributed by atoms with Gasteiger partial charge in [0.15, 0.2) is 0 Å². The number of nitrogens with zero attached hydrogens (tertiary/aromatic N) is 1. The first-order valence-corrected chi connectivity index (χ1v) is 6.82. The Morgan fingerprint density at radius 3 is 2.31 bits per heavy atom. The highest BCUT2D eigenvalue weighted by Crippen LogP contribution is 2.13. The SMILES string of the molecule is NCCCN1CCCCCCCCCC1=O. The van der Waals surface area contributed by atoms with Crippen molar-refractivity contribution in [2.45, 2.75) is 57.8 Å². The van der Waals surface area contributed by atoms with Crippen molar-refractivity contribution in [1.82, 2.24) is 4.90 Å². The molecular weight excluding hydrogens is 200 g/mol. The quantitative estimate of drug-likeness (QED) is 0.802. The standard InChI is InChI=1S/C13H26N2O/c14-10-8-12-15-11-7-5-3-1-2-4-6-9-13(15)16/h1-12,14H2. The van der Waals surface area contributed by atoms with E-state index in [9.17, 15) is 4.79 Å². The smallest absolute Gasteiger partial charge is 0.222 e. The molecule has 0 aliphatic carbocycles. The maximum absolute atomic E-state index is 11.9. The zero-order valence-electron chi connectivity index (χ0n) is 10.4. The minimum absolute atomic E-state index is 0.343. The summed E-state index contributed by atoms with van der Waals surface area (Å²) in [6.07, 6.45) is 10.4. The van der Waals surface area contributed by atoms with Gasteiger partial charge < -0.3 is 10.6 Å². The first kappa shape index (κ1) is 13.5. The predicted octanol–water partition coefficient (Wildman–Crippen LogP) is 2.30. The van der Waals surface area contributed by atoms with Gasteiger partial charge in [0.1, 0.15) is 0 Å². The van der Waals surface area contributed by atoms with Crippen molar-refractivity contribution < 1.29 is 4.79 Å². The molecule has 94 valence electrons. The zero-order valence-corrected chi connectivity index (χ0v) is 10.4. The molecule has 3 nitrogen and oxygen atoms in total. The summed E-state index contributed by atoms with van der Waals surface area (Å²) in [5.41, 5.74) is 5.50. The molecule has 0 unspecified atom stereocenters. The third-order valence-corrected chi connectivity index (χ3v) is 3.30. The Hall–Kier alpha value is -0.570. The number of nitrogens with two attached hydrogens (primary N) is 1. The minimum Gasteiger partial charge on any atom is -0.343 e. The van der Waals surface area contributed by atoms with Crippen molar-refractivity contribution in [3.8, 4) is 0 Å². The molecule has 1 heterocycles. The van der Waals surface area contributed by atoms with Gasteiger partial charge in [0.2, 0.25) is 5.91 Å². The van der Waals surface area contributed by atoms with E-state index in [-0.39, 0.29) is 0 Å². The average molecular weight is 226 g/mol. The van der Waals surface area contributed by atoms with Crippen LogP contribution in [0.15, 0.2) is 0 Å². The van der Waals surface area contributed by atoms with Crippen LogP contribution in [0, 0.1) is 0 Å². The van der Waals surface area contributed by atoms with Gasteiger partial charge >= 0.3 is 0 Å². The molecule has 2 N–H and O–H groups in total. The molecule has 16 heavy (non-hydrogen) atoms. The number of rotatable bonds is 3. The summed E-state index contributed by atoms with van der Waals surface area (Å²) in [6.45, 7) is 2.48. The molecule has 0 atom stereocenters. The molecule has 1 saturated heterocycles. The van der Waals surface area contributed by atoms with Crippen LogP contribution in [0.2, 0.25) is 0 Å². The summed E-state index contributed by atoms with van der Waals surface area (Å²) in [7, 11) is 0. The molecule has 3 heteroatoms. The van der Waals surface area contributed by atoms with Crippen LogP contribution in [0.1, 0.15) is 57.8 Å². The molecule has 0 aromatic rings. The van der Waals surface area contributed by atoms with E-state index in [0.717, 1.165) is 38.8 Å². The van der Waals surface area contributed by atoms with Gasteiger partial charge in [0, 0.05) is 19.5 Å². The fraction of sp³-hybridized carbons (Fsp3) is 0.923. The molecular formula is C13H26N2O. The molecule has 0 radical (unpaired) electrons. The van der Waals surface area contributed by atoms with E-state index < -0.39 is 0 Å². The van der Waals surface area contributed by atoms with Crippen LogP contribution >= 0.6 is 0 Å². The molecule has 0 aromatic carbocycles. The molecule has 0 aromatic heterocycles. The Balaban J connectivity index is 2.38. The molecule has 1 rings (SSSR count). The number of hydrogen-bond acceptors (Lipinski definition) is 2. The van der Waals surface area contributed by atoms with E-state index in [0.29, 0.717) is 12.5 Å². The lowest BCUT2D eigenvalue weighted by Crippen LogP contribution is -2.33. The fourth-order valence-corrected chi connectivity index (χ4v) is 2.26. The predicted molar refractivity (Wildman–Crippen MR) is 67.2 cm³/mol. The van der Waals surface area contributed by atoms with Crippen LogP contribution in [-0.4, -0.2) is 30.4 Å². The topological polar surface area (TPSA) is 46.3 Å². The first-order valence-electron chi connectivity index (χ1n) is 6.82. The number of hydrogen-bond donors (Lipinski definition) is 1. The van der Waals surface area contributed by atoms with Crippen molar-refractivity contribution in [1.29, 1.82) is 0 Å². The van der Waals surface area contributed by atoms with Crippen LogP contribution in [-0.2, 0) is 4.79 Å². The lowest BCUT2D eigenvalue weighted by molar-refractivity contribution is -0.131. The van der Waals surface area contributed by atoms with E-state index in [1.165, 1.54) is 32.1 Å². The van der Waals surface area contributed by atoms with Gasteiger partial charge in [-0.3, -0.25) is 4.79 Å². The van der Waals surface area contributed by atoms with Crippen LogP contribution in [0.3, 0.4) is 0 Å². The maximum atomic E-state index is 11.9. The van der Waals surface area contributed by atoms with Gasteiger partial charge in [-0.2, -0.15) is 0 Å². The average Bonchev–Trinajstić information content (AvgIpc) is 2.33. The van der Waals surface area contributed by atoms with Crippen LogP contribution in [0.4, 0.5) is 0 Å². The molecule has 1 amide bonds. The summed E-state index contributed by atoms with van der Waals surface area (Å²) in [5.74, 6) is 0.343. The van der Waals surface area contributed by atoms with E-state index in [2.05, 4.69) is 0 Å². The summed E-state index contributed by atoms with van der Waals surface area (Å²) >= 11 is 0. The van der Waals surface area contributed by atoms with E-state index in [1.54, 1.807) is 0 Å². The van der Waals surface area contributed by atoms with Crippen molar-refractivity contribution in [3.63, 3.8) is 0 Å². The molecule has 0 saturated carbocycles. The molecule has 0 bridgehead atoms. The van der Waals surface area contributed by atoms with E-state index >= 15 is 0 Å². The Bertz CT molecular complexity index is 194. The second-order valence-electron chi connectivity index (χ2n) is 4.75. The Morgan fingerprint density at radius 2 is 1.62 bits per heavy atom. The second-order valence-corrected chi connectivity index (χ2v) is 4.75. The Morgan fingerprint density at radius 1 is 1.00 bits per heavy atom. The van der Waals surface area contributed by atoms with Gasteiger partial charge in [-0.25, -0.2) is 0 Å². The van der Waals surface area contributed by atoms with Crippen molar-refractivity contribution >= 4 is 5.91 Å². The molecule has 0 spiro atoms. The monoisotopic (exact) mass is 226 g/mol. The summed E-state index contributed by atoms with van der Waals surface area (Å²) in [4.78, 5) is 14.0. The fourth-order valence-electron chi connectivity index (χ4n) is 2.26. The van der Waals surface area contributed by atoms with Gasteiger partial charge in [-0.05, 0) is 25.8 Å². The van der Waals surface area contributed by atoms with Crippen molar-refractivity contribution in [2.24, 2.45) is 5.73 Å². The molecule has 1 aliphatic rings. The summed E-state index contributed by atoms with van der Waals surface area (Å²) in [6, 6.07) is 0. The van der Waals surface area contributed by atoms with Gasteiger partial charge in [0.05, 0.1) is 0 Å². The van der Waals surface area contributed by atoms with Crippen LogP contribution in [0.25, 0.3) is 0 Å². The lowest BCUT2D eigenvalue weighted by Gasteiger charge is -2.22. The summed E-state index contributed by atoms with van der Waals surface area (Å²) in [5, 5.41) is 0. The van der Waals surface area contributed by atoms with Crippen molar-refractivity contribution in [2.75, 3.05) is 19.6 Å². The summed E-state index contributed by atoms with van der Waals surface area (Å²) < 4.78 is 0. The normalized spacial score (nSPS) is 20.6. The third-order valence-electron chi connectivity index (χ3n) is 3.30. The first-order chi connectivity index (χ1) is 7.84. The van der Waals surface area contributed by atoms with E-state index in [4.69, 9.17) is 5.73 Å². The highest BCUT2D eigenvalue weighted by atomic mass is 16.2. The largest absolute Gasteiger partial charge is 0.343 e. The Labute approximate surface area is 99.4 Å². The van der Waals surface area contributed by atoms with Crippen LogP contribution < -0.4 is 5.73 Å². The van der Waals surface area contributed by atoms with Gasteiger partial charge in [0.25, 0.3) is 0 Å². The second kappa shape index (κ2) is 8.57. The highest BCUT2D eigenvalue weighted by Gasteiger charge is 2.12. The minimum atomic E-state index is 0.343. The lowest BCUT2D eigenvalue weighted by atomic mass is 10.1. The highest BCUT2D eigenvalue weighted by molar-refractivity contribution is 5.76. The number of amides is 1. The third kappa shape index (κ3) is 5.50. The van der Waals surface area contributed by atoms with Gasteiger partial charge in [-0.1, -0.05) is 32.1 Å². The van der Waals surface area contributed by atoms with E-state index in [1.807, 2.05) is 4.90 Å². The number of carbonyl (C=O) groups is 1. The molecule has 1 fully saturated rings. The van der Waals surface area contributed by atoms with Gasteiger partial charge in [-0.15, -0.1) is 0 Å². The Kier molecular flexibility index (Phi) is 7.23. The van der Waals surface area contributed by atoms with Crippen molar-refractivity contribution in [3.05, 3.63) is 0 Å². The van der Waals surface area contributed by atoms with Crippen LogP contribution in [0.5, 0.6) is 0 Å². The maximum Gasteiger partial charge on any atom is 0.222 e. The zero-order chi connectivity index (χ0) is 11.6.